The molecular formula is C17H19FN2O2. The number of esters is 1. The number of nitrogens with zero attached hydrogens (tertiary/aromatic N) is 2. The number of carbonyl (C=O) groups excluding carboxylic acids is 1. The smallest absolute Gasteiger partial charge is 0.309 e. The zero-order valence-electron chi connectivity index (χ0n) is 12.5. The summed E-state index contributed by atoms with van der Waals surface area (Å²) >= 11 is 0. The second-order valence-corrected chi connectivity index (χ2v) is 5.51. The average molecular weight is 302 g/mol. The van der Waals surface area contributed by atoms with Crippen LogP contribution in [0.2, 0.25) is 0 Å². The number of ether oxygens (including phenoxy) is 1. The normalized spacial score (nSPS) is 19.9. The van der Waals surface area contributed by atoms with Gasteiger partial charge in [0.25, 0.3) is 0 Å². The Hall–Kier alpha value is -2.17. The van der Waals surface area contributed by atoms with Crippen LogP contribution in [-0.4, -0.2) is 28.8 Å². The van der Waals surface area contributed by atoms with E-state index in [0.717, 1.165) is 23.2 Å². The molecule has 116 valence electrons. The number of halogens is 1. The van der Waals surface area contributed by atoms with Crippen LogP contribution in [0, 0.1) is 5.92 Å². The van der Waals surface area contributed by atoms with Gasteiger partial charge in [0, 0.05) is 11.8 Å². The monoisotopic (exact) mass is 302 g/mol. The van der Waals surface area contributed by atoms with Gasteiger partial charge in [0.15, 0.2) is 0 Å². The number of rotatable bonds is 6. The van der Waals surface area contributed by atoms with E-state index < -0.39 is 6.67 Å². The highest BCUT2D eigenvalue weighted by Crippen LogP contribution is 2.48. The van der Waals surface area contributed by atoms with Crippen LogP contribution >= 0.6 is 0 Å². The molecule has 0 unspecified atom stereocenters. The zero-order chi connectivity index (χ0) is 15.5. The molecule has 2 aromatic rings. The summed E-state index contributed by atoms with van der Waals surface area (Å²) in [7, 11) is 0. The van der Waals surface area contributed by atoms with Crippen molar-refractivity contribution < 1.29 is 13.9 Å². The molecule has 2 atom stereocenters. The second-order valence-electron chi connectivity index (χ2n) is 5.51. The van der Waals surface area contributed by atoms with Gasteiger partial charge in [-0.1, -0.05) is 24.3 Å². The van der Waals surface area contributed by atoms with Crippen molar-refractivity contribution in [3.05, 3.63) is 42.4 Å². The Kier molecular flexibility index (Phi) is 4.22. The highest BCUT2D eigenvalue weighted by Gasteiger charge is 2.45. The van der Waals surface area contributed by atoms with Crippen molar-refractivity contribution in [3.8, 4) is 11.3 Å². The molecule has 1 aliphatic carbocycles. The summed E-state index contributed by atoms with van der Waals surface area (Å²) in [5.41, 5.74) is 2.98. The minimum Gasteiger partial charge on any atom is -0.466 e. The first-order valence-corrected chi connectivity index (χ1v) is 7.57. The minimum atomic E-state index is -0.397. The number of alkyl halides is 1. The Balaban J connectivity index is 1.67. The molecule has 1 aromatic carbocycles. The third-order valence-electron chi connectivity index (χ3n) is 3.99. The van der Waals surface area contributed by atoms with Crippen molar-refractivity contribution in [1.82, 2.24) is 9.55 Å². The lowest BCUT2D eigenvalue weighted by Crippen LogP contribution is -2.07. The molecule has 1 saturated carbocycles. The SMILES string of the molecule is CCOC(=O)[C@H]1C[C@@H]1c1ccc(-c2cn(CCF)cn2)cc1. The topological polar surface area (TPSA) is 44.1 Å². The lowest BCUT2D eigenvalue weighted by molar-refractivity contribution is -0.144. The first kappa shape index (κ1) is 14.8. The predicted octanol–water partition coefficient (Wildman–Crippen LogP) is 3.19. The Morgan fingerprint density at radius 2 is 2.18 bits per heavy atom. The summed E-state index contributed by atoms with van der Waals surface area (Å²) in [6.07, 6.45) is 4.34. The van der Waals surface area contributed by atoms with Crippen LogP contribution in [0.4, 0.5) is 4.39 Å². The van der Waals surface area contributed by atoms with Gasteiger partial charge in [-0.05, 0) is 24.8 Å². The van der Waals surface area contributed by atoms with E-state index in [2.05, 4.69) is 4.98 Å². The van der Waals surface area contributed by atoms with E-state index in [1.54, 1.807) is 10.9 Å². The highest BCUT2D eigenvalue weighted by molar-refractivity contribution is 5.77. The standard InChI is InChI=1S/C17H19FN2O2/c1-2-22-17(21)15-9-14(15)12-3-5-13(6-4-12)16-10-20(8-7-18)11-19-16/h3-6,10-11,14-15H,2,7-9H2,1H3/t14-,15+/m1/s1. The van der Waals surface area contributed by atoms with Crippen LogP contribution in [-0.2, 0) is 16.1 Å². The maximum Gasteiger partial charge on any atom is 0.309 e. The van der Waals surface area contributed by atoms with E-state index in [-0.39, 0.29) is 17.8 Å². The van der Waals surface area contributed by atoms with Crippen molar-refractivity contribution in [2.75, 3.05) is 13.3 Å². The summed E-state index contributed by atoms with van der Waals surface area (Å²) < 4.78 is 19.1. The average Bonchev–Trinajstić information content (AvgIpc) is 3.20. The van der Waals surface area contributed by atoms with Crippen LogP contribution in [0.15, 0.2) is 36.8 Å². The summed E-state index contributed by atoms with van der Waals surface area (Å²) in [4.78, 5) is 16.0. The molecular weight excluding hydrogens is 283 g/mol. The minimum absolute atomic E-state index is 0.00885. The van der Waals surface area contributed by atoms with Crippen LogP contribution in [0.3, 0.4) is 0 Å². The molecule has 3 rings (SSSR count). The van der Waals surface area contributed by atoms with Crippen molar-refractivity contribution in [2.24, 2.45) is 5.92 Å². The Bertz CT molecular complexity index is 651. The van der Waals surface area contributed by atoms with E-state index in [0.29, 0.717) is 13.2 Å². The van der Waals surface area contributed by atoms with E-state index in [9.17, 15) is 9.18 Å². The van der Waals surface area contributed by atoms with Crippen molar-refractivity contribution >= 4 is 5.97 Å². The summed E-state index contributed by atoms with van der Waals surface area (Å²) in [6.45, 7) is 2.19. The molecule has 0 bridgehead atoms. The number of hydrogen-bond acceptors (Lipinski definition) is 3. The molecule has 1 heterocycles. The first-order valence-electron chi connectivity index (χ1n) is 7.57. The number of aromatic nitrogens is 2. The van der Waals surface area contributed by atoms with Crippen LogP contribution in [0.1, 0.15) is 24.8 Å². The zero-order valence-corrected chi connectivity index (χ0v) is 12.5. The number of benzene rings is 1. The van der Waals surface area contributed by atoms with Crippen molar-refractivity contribution in [1.29, 1.82) is 0 Å². The fourth-order valence-corrected chi connectivity index (χ4v) is 2.70. The maximum absolute atomic E-state index is 12.3. The predicted molar refractivity (Wildman–Crippen MR) is 81.1 cm³/mol. The molecule has 0 aliphatic heterocycles. The van der Waals surface area contributed by atoms with E-state index in [1.807, 2.05) is 37.4 Å². The molecule has 0 spiro atoms. The third-order valence-corrected chi connectivity index (χ3v) is 3.99. The molecule has 22 heavy (non-hydrogen) atoms. The number of aryl methyl sites for hydroxylation is 1. The lowest BCUT2D eigenvalue weighted by atomic mass is 10.1. The van der Waals surface area contributed by atoms with Crippen LogP contribution in [0.5, 0.6) is 0 Å². The summed E-state index contributed by atoms with van der Waals surface area (Å²) in [5.74, 6) is 0.188. The van der Waals surface area contributed by atoms with Gasteiger partial charge in [0.1, 0.15) is 6.67 Å². The fourth-order valence-electron chi connectivity index (χ4n) is 2.70. The van der Waals surface area contributed by atoms with E-state index in [4.69, 9.17) is 4.74 Å². The maximum atomic E-state index is 12.3. The van der Waals surface area contributed by atoms with Gasteiger partial charge in [-0.25, -0.2) is 9.37 Å². The molecule has 1 aromatic heterocycles. The Morgan fingerprint density at radius 3 is 2.86 bits per heavy atom. The molecule has 4 nitrogen and oxygen atoms in total. The van der Waals surface area contributed by atoms with Crippen LogP contribution < -0.4 is 0 Å². The van der Waals surface area contributed by atoms with Gasteiger partial charge < -0.3 is 9.30 Å². The molecule has 0 amide bonds. The van der Waals surface area contributed by atoms with Gasteiger partial charge >= 0.3 is 5.97 Å². The third kappa shape index (κ3) is 3.03. The molecule has 0 saturated heterocycles. The largest absolute Gasteiger partial charge is 0.466 e. The van der Waals surface area contributed by atoms with Gasteiger partial charge in [0.2, 0.25) is 0 Å². The molecule has 1 aliphatic rings. The number of hydrogen-bond donors (Lipinski definition) is 0. The molecule has 0 radical (unpaired) electrons. The molecule has 1 fully saturated rings. The van der Waals surface area contributed by atoms with Gasteiger partial charge in [-0.3, -0.25) is 4.79 Å². The number of carbonyl (C=O) groups is 1. The molecule has 5 heteroatoms. The van der Waals surface area contributed by atoms with Crippen molar-refractivity contribution in [2.45, 2.75) is 25.8 Å². The Morgan fingerprint density at radius 1 is 1.41 bits per heavy atom. The lowest BCUT2D eigenvalue weighted by Gasteiger charge is -2.03. The second kappa shape index (κ2) is 6.30. The quantitative estimate of drug-likeness (QED) is 0.770. The van der Waals surface area contributed by atoms with Crippen molar-refractivity contribution in [3.63, 3.8) is 0 Å². The Labute approximate surface area is 128 Å². The fraction of sp³-hybridized carbons (Fsp3) is 0.412. The highest BCUT2D eigenvalue weighted by atomic mass is 19.1. The summed E-state index contributed by atoms with van der Waals surface area (Å²) in [6, 6.07) is 8.07. The van der Waals surface area contributed by atoms with Crippen LogP contribution in [0.25, 0.3) is 11.3 Å². The van der Waals surface area contributed by atoms with Gasteiger partial charge in [0.05, 0.1) is 31.1 Å². The number of imidazole rings is 1. The molecule has 0 N–H and O–H groups in total. The van der Waals surface area contributed by atoms with Gasteiger partial charge in [-0.2, -0.15) is 0 Å². The van der Waals surface area contributed by atoms with E-state index >= 15 is 0 Å². The summed E-state index contributed by atoms with van der Waals surface area (Å²) in [5, 5.41) is 0. The first-order chi connectivity index (χ1) is 10.7. The van der Waals surface area contributed by atoms with E-state index in [1.165, 1.54) is 0 Å². The van der Waals surface area contributed by atoms with Gasteiger partial charge in [-0.15, -0.1) is 0 Å².